The van der Waals surface area contributed by atoms with Gasteiger partial charge in [-0.3, -0.25) is 9.36 Å². The molecule has 172 valence electrons. The number of carbonyl (C=O) groups excluding carboxylic acids is 1. The van der Waals surface area contributed by atoms with Crippen LogP contribution < -0.4 is 14.2 Å². The second-order valence-electron chi connectivity index (χ2n) is 8.02. The van der Waals surface area contributed by atoms with Crippen LogP contribution in [0.4, 0.5) is 0 Å². The minimum atomic E-state index is -0.284. The van der Waals surface area contributed by atoms with Gasteiger partial charge in [-0.05, 0) is 42.0 Å². The van der Waals surface area contributed by atoms with Crippen LogP contribution in [-0.4, -0.2) is 47.8 Å². The first kappa shape index (κ1) is 21.7. The average Bonchev–Trinajstić information content (AvgIpc) is 3.51. The lowest BCUT2D eigenvalue weighted by Gasteiger charge is -2.23. The number of ether oxygens (including phenoxy) is 3. The number of rotatable bonds is 5. The average molecular weight is 487 g/mol. The number of benzene rings is 1. The normalized spacial score (nSPS) is 14.8. The van der Waals surface area contributed by atoms with Crippen molar-refractivity contribution in [2.75, 3.05) is 27.2 Å². The van der Waals surface area contributed by atoms with E-state index in [1.807, 2.05) is 0 Å². The molecule has 7 nitrogen and oxygen atoms in total. The Morgan fingerprint density at radius 3 is 2.67 bits per heavy atom. The molecular weight excluding hydrogens is 464 g/mol. The molecule has 0 fully saturated rings. The fourth-order valence-electron chi connectivity index (χ4n) is 4.77. The van der Waals surface area contributed by atoms with Crippen LogP contribution in [0.2, 0.25) is 0 Å². The topological polar surface area (TPSA) is 85.7 Å². The van der Waals surface area contributed by atoms with Crippen LogP contribution in [-0.2, 0) is 6.42 Å². The minimum absolute atomic E-state index is 0.0811. The summed E-state index contributed by atoms with van der Waals surface area (Å²) in [6, 6.07) is 3.53. The zero-order valence-electron chi connectivity index (χ0n) is 18.6. The molecule has 1 atom stereocenters. The SMILES string of the molecule is COc1cc2cc(C(=O)n3cc(O)c4c3CC(CCl)c3c(C)csc3-4)[nH]c2c(OC)c1OC. The number of aryl methyl sites for hydroxylation is 1. The van der Waals surface area contributed by atoms with E-state index in [0.717, 1.165) is 32.6 Å². The highest BCUT2D eigenvalue weighted by Crippen LogP contribution is 2.50. The maximum absolute atomic E-state index is 13.6. The molecule has 1 unspecified atom stereocenters. The van der Waals surface area contributed by atoms with Crippen molar-refractivity contribution in [3.8, 4) is 33.4 Å². The van der Waals surface area contributed by atoms with Gasteiger partial charge in [-0.2, -0.15) is 0 Å². The van der Waals surface area contributed by atoms with Crippen molar-refractivity contribution in [3.05, 3.63) is 46.2 Å². The zero-order chi connectivity index (χ0) is 23.4. The van der Waals surface area contributed by atoms with Crippen molar-refractivity contribution in [2.45, 2.75) is 19.3 Å². The Morgan fingerprint density at radius 2 is 2.00 bits per heavy atom. The molecular formula is C24H23ClN2O5S. The van der Waals surface area contributed by atoms with Crippen molar-refractivity contribution in [3.63, 3.8) is 0 Å². The van der Waals surface area contributed by atoms with Gasteiger partial charge in [0.25, 0.3) is 5.91 Å². The first-order valence-electron chi connectivity index (χ1n) is 10.4. The van der Waals surface area contributed by atoms with Gasteiger partial charge in [-0.15, -0.1) is 22.9 Å². The second kappa shape index (κ2) is 8.04. The van der Waals surface area contributed by atoms with Crippen LogP contribution in [0.25, 0.3) is 21.3 Å². The summed E-state index contributed by atoms with van der Waals surface area (Å²) in [6.07, 6.45) is 2.06. The summed E-state index contributed by atoms with van der Waals surface area (Å²) in [5, 5.41) is 13.6. The minimum Gasteiger partial charge on any atom is -0.506 e. The van der Waals surface area contributed by atoms with Crippen LogP contribution in [0, 0.1) is 6.92 Å². The van der Waals surface area contributed by atoms with Crippen molar-refractivity contribution < 1.29 is 24.1 Å². The largest absolute Gasteiger partial charge is 0.506 e. The summed E-state index contributed by atoms with van der Waals surface area (Å²) in [5.74, 6) is 1.71. The lowest BCUT2D eigenvalue weighted by atomic mass is 9.85. The predicted octanol–water partition coefficient (Wildman–Crippen LogP) is 5.30. The van der Waals surface area contributed by atoms with E-state index in [0.29, 0.717) is 40.8 Å². The highest BCUT2D eigenvalue weighted by molar-refractivity contribution is 7.14. The number of aromatic hydroxyl groups is 1. The standard InChI is InChI=1S/C24H23ClN2O5S/c1-11-10-33-23-18(11)13(8-25)6-15-19(23)16(28)9-27(15)24(29)14-5-12-7-17(30-2)21(31-3)22(32-4)20(12)26-14/h5,7,9-10,13,26,28H,6,8H2,1-4H3. The van der Waals surface area contributed by atoms with Crippen LogP contribution in [0.5, 0.6) is 23.0 Å². The van der Waals surface area contributed by atoms with E-state index in [1.165, 1.54) is 25.0 Å². The second-order valence-corrected chi connectivity index (χ2v) is 9.21. The third kappa shape index (κ3) is 3.12. The number of hydrogen-bond acceptors (Lipinski definition) is 6. The zero-order valence-corrected chi connectivity index (χ0v) is 20.2. The molecule has 9 heteroatoms. The summed E-state index contributed by atoms with van der Waals surface area (Å²) >= 11 is 7.88. The summed E-state index contributed by atoms with van der Waals surface area (Å²) in [6.45, 7) is 2.06. The predicted molar refractivity (Wildman–Crippen MR) is 129 cm³/mol. The molecule has 3 aromatic heterocycles. The number of halogens is 1. The molecule has 0 radical (unpaired) electrons. The maximum Gasteiger partial charge on any atom is 0.278 e. The van der Waals surface area contributed by atoms with Crippen molar-refractivity contribution in [1.29, 1.82) is 0 Å². The summed E-state index contributed by atoms with van der Waals surface area (Å²) < 4.78 is 17.9. The first-order valence-corrected chi connectivity index (χ1v) is 11.8. The summed E-state index contributed by atoms with van der Waals surface area (Å²) in [4.78, 5) is 17.8. The lowest BCUT2D eigenvalue weighted by molar-refractivity contribution is 0.0952. The molecule has 0 spiro atoms. The Hall–Kier alpha value is -3.10. The molecule has 0 saturated heterocycles. The maximum atomic E-state index is 13.6. The Morgan fingerprint density at radius 1 is 1.24 bits per heavy atom. The van der Waals surface area contributed by atoms with Gasteiger partial charge in [0.1, 0.15) is 11.4 Å². The quantitative estimate of drug-likeness (QED) is 0.374. The molecule has 0 amide bonds. The number of aromatic amines is 1. The van der Waals surface area contributed by atoms with Gasteiger partial charge < -0.3 is 24.3 Å². The van der Waals surface area contributed by atoms with Crippen molar-refractivity contribution >= 4 is 39.7 Å². The summed E-state index contributed by atoms with van der Waals surface area (Å²) in [7, 11) is 4.61. The molecule has 5 rings (SSSR count). The number of hydrogen-bond donors (Lipinski definition) is 2. The number of methoxy groups -OCH3 is 3. The molecule has 4 aromatic rings. The van der Waals surface area contributed by atoms with E-state index < -0.39 is 0 Å². The molecule has 1 aliphatic rings. The number of carbonyl (C=O) groups is 1. The molecule has 3 heterocycles. The molecule has 2 N–H and O–H groups in total. The van der Waals surface area contributed by atoms with Crippen molar-refractivity contribution in [2.24, 2.45) is 0 Å². The Balaban J connectivity index is 1.65. The Bertz CT molecular complexity index is 1400. The van der Waals surface area contributed by atoms with E-state index in [1.54, 1.807) is 30.6 Å². The first-order chi connectivity index (χ1) is 15.9. The molecule has 1 aromatic carbocycles. The monoisotopic (exact) mass is 486 g/mol. The number of nitrogens with zero attached hydrogens (tertiary/aromatic N) is 1. The molecule has 0 saturated carbocycles. The van der Waals surface area contributed by atoms with Gasteiger partial charge in [0.15, 0.2) is 11.5 Å². The number of thiophene rings is 1. The fraction of sp³-hybridized carbons (Fsp3) is 0.292. The van der Waals surface area contributed by atoms with Crippen molar-refractivity contribution in [1.82, 2.24) is 9.55 Å². The van der Waals surface area contributed by atoms with Gasteiger partial charge in [-0.1, -0.05) is 0 Å². The van der Waals surface area contributed by atoms with E-state index in [4.69, 9.17) is 25.8 Å². The third-order valence-electron chi connectivity index (χ3n) is 6.24. The lowest BCUT2D eigenvalue weighted by Crippen LogP contribution is -2.19. The molecule has 33 heavy (non-hydrogen) atoms. The molecule has 0 aliphatic heterocycles. The number of aromatic nitrogens is 2. The van der Waals surface area contributed by atoms with Crippen LogP contribution in [0.3, 0.4) is 0 Å². The Kier molecular flexibility index (Phi) is 5.29. The number of fused-ring (bicyclic) bond motifs is 4. The van der Waals surface area contributed by atoms with Crippen LogP contribution >= 0.6 is 22.9 Å². The van der Waals surface area contributed by atoms with E-state index in [2.05, 4.69) is 17.3 Å². The van der Waals surface area contributed by atoms with E-state index >= 15 is 0 Å². The number of alkyl halides is 1. The molecule has 0 bridgehead atoms. The molecule has 1 aliphatic carbocycles. The highest BCUT2D eigenvalue weighted by Gasteiger charge is 2.34. The fourth-order valence-corrected chi connectivity index (χ4v) is 6.25. The third-order valence-corrected chi connectivity index (χ3v) is 7.74. The smallest absolute Gasteiger partial charge is 0.278 e. The Labute approximate surface area is 199 Å². The summed E-state index contributed by atoms with van der Waals surface area (Å²) in [5.41, 5.74) is 4.78. The number of H-pyrrole nitrogens is 1. The van der Waals surface area contributed by atoms with Crippen LogP contribution in [0.1, 0.15) is 33.2 Å². The van der Waals surface area contributed by atoms with Crippen LogP contribution in [0.15, 0.2) is 23.7 Å². The van der Waals surface area contributed by atoms with Gasteiger partial charge in [-0.25, -0.2) is 0 Å². The van der Waals surface area contributed by atoms with Gasteiger partial charge in [0, 0.05) is 27.8 Å². The number of nitrogens with one attached hydrogen (secondary N) is 1. The van der Waals surface area contributed by atoms with E-state index in [9.17, 15) is 9.90 Å². The highest BCUT2D eigenvalue weighted by atomic mass is 35.5. The van der Waals surface area contributed by atoms with E-state index in [-0.39, 0.29) is 17.6 Å². The van der Waals surface area contributed by atoms with Gasteiger partial charge in [0.2, 0.25) is 5.75 Å². The van der Waals surface area contributed by atoms with Gasteiger partial charge in [0.05, 0.1) is 38.6 Å². The van der Waals surface area contributed by atoms with Gasteiger partial charge >= 0.3 is 0 Å².